The number of nitrogens with zero attached hydrogens (tertiary/aromatic N) is 2. The molecule has 2 rings (SSSR count). The minimum atomic E-state index is -4.20. The van der Waals surface area contributed by atoms with E-state index in [1.807, 2.05) is 17.9 Å². The van der Waals surface area contributed by atoms with E-state index in [-0.39, 0.29) is 13.0 Å². The van der Waals surface area contributed by atoms with Crippen molar-refractivity contribution < 1.29 is 13.2 Å². The minimum Gasteiger partial charge on any atom is -0.366 e. The SMILES string of the molecule is CCNCc1ccncc1N1CC=C(C(F)(F)F)CC1. The highest BCUT2D eigenvalue weighted by Gasteiger charge is 2.34. The molecule has 0 fully saturated rings. The molecule has 0 radical (unpaired) electrons. The van der Waals surface area contributed by atoms with Crippen molar-refractivity contribution in [1.29, 1.82) is 0 Å². The first kappa shape index (κ1) is 14.8. The normalized spacial score (nSPS) is 16.2. The first-order chi connectivity index (χ1) is 9.52. The van der Waals surface area contributed by atoms with Gasteiger partial charge in [-0.15, -0.1) is 0 Å². The predicted molar refractivity (Wildman–Crippen MR) is 72.6 cm³/mol. The fourth-order valence-corrected chi connectivity index (χ4v) is 2.25. The second-order valence-corrected chi connectivity index (χ2v) is 4.71. The molecule has 1 N–H and O–H groups in total. The summed E-state index contributed by atoms with van der Waals surface area (Å²) in [7, 11) is 0. The first-order valence-electron chi connectivity index (χ1n) is 6.67. The Labute approximate surface area is 116 Å². The fraction of sp³-hybridized carbons (Fsp3) is 0.500. The van der Waals surface area contributed by atoms with E-state index in [4.69, 9.17) is 0 Å². The highest BCUT2D eigenvalue weighted by molar-refractivity contribution is 5.53. The Morgan fingerprint density at radius 2 is 2.20 bits per heavy atom. The van der Waals surface area contributed by atoms with Crippen LogP contribution in [0.25, 0.3) is 0 Å². The lowest BCUT2D eigenvalue weighted by Crippen LogP contribution is -2.33. The largest absolute Gasteiger partial charge is 0.412 e. The number of hydrogen-bond acceptors (Lipinski definition) is 3. The molecule has 0 unspecified atom stereocenters. The predicted octanol–water partition coefficient (Wildman–Crippen LogP) is 2.89. The van der Waals surface area contributed by atoms with Crippen LogP contribution in [0, 0.1) is 0 Å². The van der Waals surface area contributed by atoms with Gasteiger partial charge in [0.2, 0.25) is 0 Å². The van der Waals surface area contributed by atoms with Gasteiger partial charge in [0, 0.05) is 31.4 Å². The fourth-order valence-electron chi connectivity index (χ4n) is 2.25. The minimum absolute atomic E-state index is 0.0268. The van der Waals surface area contributed by atoms with Gasteiger partial charge in [0.1, 0.15) is 0 Å². The molecule has 1 aromatic heterocycles. The second kappa shape index (κ2) is 6.26. The lowest BCUT2D eigenvalue weighted by atomic mass is 10.1. The van der Waals surface area contributed by atoms with Crippen LogP contribution in [-0.2, 0) is 6.54 Å². The van der Waals surface area contributed by atoms with E-state index >= 15 is 0 Å². The summed E-state index contributed by atoms with van der Waals surface area (Å²) in [5, 5.41) is 3.23. The lowest BCUT2D eigenvalue weighted by molar-refractivity contribution is -0.0943. The molecule has 1 aliphatic heterocycles. The lowest BCUT2D eigenvalue weighted by Gasteiger charge is -2.30. The molecule has 0 spiro atoms. The number of rotatable bonds is 4. The summed E-state index contributed by atoms with van der Waals surface area (Å²) in [4.78, 5) is 6.02. The molecule has 0 aliphatic carbocycles. The molecule has 110 valence electrons. The molecule has 0 amide bonds. The van der Waals surface area contributed by atoms with Crippen molar-refractivity contribution in [3.05, 3.63) is 35.7 Å². The van der Waals surface area contributed by atoms with Crippen LogP contribution in [0.1, 0.15) is 18.9 Å². The van der Waals surface area contributed by atoms with Crippen LogP contribution >= 0.6 is 0 Å². The van der Waals surface area contributed by atoms with Crippen LogP contribution in [0.2, 0.25) is 0 Å². The Morgan fingerprint density at radius 3 is 2.80 bits per heavy atom. The molecule has 1 aliphatic rings. The number of pyridine rings is 1. The molecular formula is C14H18F3N3. The van der Waals surface area contributed by atoms with Crippen molar-refractivity contribution in [2.45, 2.75) is 26.1 Å². The molecule has 3 nitrogen and oxygen atoms in total. The van der Waals surface area contributed by atoms with E-state index in [1.165, 1.54) is 6.08 Å². The van der Waals surface area contributed by atoms with E-state index in [0.717, 1.165) is 17.8 Å². The number of halogens is 3. The van der Waals surface area contributed by atoms with E-state index < -0.39 is 11.7 Å². The van der Waals surface area contributed by atoms with Crippen LogP contribution < -0.4 is 10.2 Å². The number of anilines is 1. The summed E-state index contributed by atoms with van der Waals surface area (Å²) in [5.41, 5.74) is 1.54. The zero-order valence-electron chi connectivity index (χ0n) is 11.4. The van der Waals surface area contributed by atoms with Crippen molar-refractivity contribution in [3.63, 3.8) is 0 Å². The third-order valence-corrected chi connectivity index (χ3v) is 3.37. The average molecular weight is 285 g/mol. The van der Waals surface area contributed by atoms with Gasteiger partial charge in [0.25, 0.3) is 0 Å². The van der Waals surface area contributed by atoms with Crippen LogP contribution in [0.4, 0.5) is 18.9 Å². The topological polar surface area (TPSA) is 28.2 Å². The number of hydrogen-bond donors (Lipinski definition) is 1. The number of nitrogens with one attached hydrogen (secondary N) is 1. The van der Waals surface area contributed by atoms with Crippen LogP contribution in [0.3, 0.4) is 0 Å². The Kier molecular flexibility index (Phi) is 4.65. The van der Waals surface area contributed by atoms with E-state index in [2.05, 4.69) is 10.3 Å². The Bertz CT molecular complexity index is 483. The smallest absolute Gasteiger partial charge is 0.366 e. The maximum absolute atomic E-state index is 12.6. The molecule has 20 heavy (non-hydrogen) atoms. The molecular weight excluding hydrogens is 267 g/mol. The molecule has 0 aromatic carbocycles. The van der Waals surface area contributed by atoms with Gasteiger partial charge < -0.3 is 10.2 Å². The third-order valence-electron chi connectivity index (χ3n) is 3.37. The van der Waals surface area contributed by atoms with Crippen LogP contribution in [-0.4, -0.2) is 30.8 Å². The zero-order valence-corrected chi connectivity index (χ0v) is 11.4. The zero-order chi connectivity index (χ0) is 14.6. The van der Waals surface area contributed by atoms with Gasteiger partial charge in [0.05, 0.1) is 11.9 Å². The molecule has 1 aromatic rings. The molecule has 0 saturated carbocycles. The highest BCUT2D eigenvalue weighted by Crippen LogP contribution is 2.32. The summed E-state index contributed by atoms with van der Waals surface area (Å²) < 4.78 is 37.8. The van der Waals surface area contributed by atoms with Gasteiger partial charge in [0.15, 0.2) is 0 Å². The summed E-state index contributed by atoms with van der Waals surface area (Å²) in [6, 6.07) is 1.90. The summed E-state index contributed by atoms with van der Waals surface area (Å²) in [6.45, 7) is 4.20. The van der Waals surface area contributed by atoms with Gasteiger partial charge in [-0.2, -0.15) is 13.2 Å². The third kappa shape index (κ3) is 3.50. The average Bonchev–Trinajstić information content (AvgIpc) is 2.45. The van der Waals surface area contributed by atoms with Crippen molar-refractivity contribution in [1.82, 2.24) is 10.3 Å². The van der Waals surface area contributed by atoms with Gasteiger partial charge in [-0.25, -0.2) is 0 Å². The monoisotopic (exact) mass is 285 g/mol. The highest BCUT2D eigenvalue weighted by atomic mass is 19.4. The maximum Gasteiger partial charge on any atom is 0.412 e. The van der Waals surface area contributed by atoms with Crippen molar-refractivity contribution in [2.24, 2.45) is 0 Å². The summed E-state index contributed by atoms with van der Waals surface area (Å²) in [6.07, 6.45) is 0.524. The summed E-state index contributed by atoms with van der Waals surface area (Å²) in [5.74, 6) is 0. The van der Waals surface area contributed by atoms with Gasteiger partial charge in [-0.05, 0) is 24.6 Å². The Balaban J connectivity index is 2.12. The van der Waals surface area contributed by atoms with Gasteiger partial charge in [-0.3, -0.25) is 4.98 Å². The molecule has 6 heteroatoms. The Hall–Kier alpha value is -1.56. The number of alkyl halides is 3. The van der Waals surface area contributed by atoms with Crippen LogP contribution in [0.15, 0.2) is 30.1 Å². The van der Waals surface area contributed by atoms with Gasteiger partial charge in [-0.1, -0.05) is 13.0 Å². The quantitative estimate of drug-likeness (QED) is 0.862. The summed E-state index contributed by atoms with van der Waals surface area (Å²) >= 11 is 0. The number of aromatic nitrogens is 1. The standard InChI is InChI=1S/C14H18F3N3/c1-2-18-9-11-3-6-19-10-13(11)20-7-4-12(5-8-20)14(15,16)17/h3-4,6,10,18H,2,5,7-9H2,1H3. The molecule has 0 bridgehead atoms. The van der Waals surface area contributed by atoms with E-state index in [0.29, 0.717) is 13.1 Å². The van der Waals surface area contributed by atoms with Crippen molar-refractivity contribution in [3.8, 4) is 0 Å². The van der Waals surface area contributed by atoms with Crippen molar-refractivity contribution >= 4 is 5.69 Å². The Morgan fingerprint density at radius 1 is 1.40 bits per heavy atom. The molecule has 2 heterocycles. The molecule has 0 atom stereocenters. The van der Waals surface area contributed by atoms with Crippen molar-refractivity contribution in [2.75, 3.05) is 24.5 Å². The first-order valence-corrected chi connectivity index (χ1v) is 6.67. The van der Waals surface area contributed by atoms with E-state index in [9.17, 15) is 13.2 Å². The van der Waals surface area contributed by atoms with Gasteiger partial charge >= 0.3 is 6.18 Å². The second-order valence-electron chi connectivity index (χ2n) is 4.71. The maximum atomic E-state index is 12.6. The molecule has 0 saturated heterocycles. The van der Waals surface area contributed by atoms with E-state index in [1.54, 1.807) is 12.4 Å². The van der Waals surface area contributed by atoms with Crippen LogP contribution in [0.5, 0.6) is 0 Å².